The van der Waals surface area contributed by atoms with Crippen LogP contribution in [0.1, 0.15) is 41.1 Å². The van der Waals surface area contributed by atoms with Crippen molar-refractivity contribution in [3.05, 3.63) is 125 Å². The molecule has 1 aliphatic carbocycles. The lowest BCUT2D eigenvalue weighted by molar-refractivity contribution is -0.274. The molecule has 9 heteroatoms. The Balaban J connectivity index is 1.45. The van der Waals surface area contributed by atoms with Crippen LogP contribution in [0.3, 0.4) is 0 Å². The smallest absolute Gasteiger partial charge is 0.406 e. The molecule has 4 aromatic rings. The van der Waals surface area contributed by atoms with Gasteiger partial charge in [0.05, 0.1) is 5.69 Å². The summed E-state index contributed by atoms with van der Waals surface area (Å²) in [5.74, 6) is -3.13. The summed E-state index contributed by atoms with van der Waals surface area (Å²) in [6.45, 7) is 0. The van der Waals surface area contributed by atoms with E-state index < -0.39 is 35.5 Å². The van der Waals surface area contributed by atoms with E-state index in [1.54, 1.807) is 18.2 Å². The Morgan fingerprint density at radius 2 is 1.61 bits per heavy atom. The number of alkyl halides is 3. The molecule has 0 N–H and O–H groups in total. The number of halogens is 6. The summed E-state index contributed by atoms with van der Waals surface area (Å²) in [6, 6.07) is 16.2. The molecule has 0 radical (unpaired) electrons. The van der Waals surface area contributed by atoms with Crippen LogP contribution in [0.5, 0.6) is 5.75 Å². The lowest BCUT2D eigenvalue weighted by atomic mass is 9.85. The Morgan fingerprint density at radius 1 is 0.878 bits per heavy atom. The number of ether oxygens (including phenoxy) is 1. The zero-order chi connectivity index (χ0) is 29.1. The third-order valence-electron chi connectivity index (χ3n) is 6.88. The minimum Gasteiger partial charge on any atom is -0.406 e. The molecule has 0 bridgehead atoms. The number of ketones is 1. The van der Waals surface area contributed by atoms with Gasteiger partial charge in [0.2, 0.25) is 0 Å². The molecule has 3 nitrogen and oxygen atoms in total. The van der Waals surface area contributed by atoms with Crippen LogP contribution in [0, 0.1) is 17.5 Å². The topological polar surface area (TPSA) is 39.2 Å². The van der Waals surface area contributed by atoms with E-state index in [0.29, 0.717) is 39.9 Å². The molecule has 0 amide bonds. The number of Topliss-reactive ketones (excluding diaryl/α,β-unsaturated/α-hetero) is 1. The first-order valence-electron chi connectivity index (χ1n) is 12.8. The normalized spacial score (nSPS) is 13.5. The molecule has 1 aliphatic rings. The second-order valence-corrected chi connectivity index (χ2v) is 9.84. The van der Waals surface area contributed by atoms with Gasteiger partial charge in [0.1, 0.15) is 29.0 Å². The highest BCUT2D eigenvalue weighted by Crippen LogP contribution is 2.36. The predicted molar refractivity (Wildman–Crippen MR) is 141 cm³/mol. The number of carbonyl (C=O) groups excluding carboxylic acids is 1. The lowest BCUT2D eigenvalue weighted by Gasteiger charge is -2.20. The van der Waals surface area contributed by atoms with E-state index in [2.05, 4.69) is 9.72 Å². The van der Waals surface area contributed by atoms with Crippen molar-refractivity contribution >= 4 is 11.4 Å². The summed E-state index contributed by atoms with van der Waals surface area (Å²) in [4.78, 5) is 17.9. The van der Waals surface area contributed by atoms with Crippen LogP contribution >= 0.6 is 0 Å². The molecule has 210 valence electrons. The van der Waals surface area contributed by atoms with Crippen LogP contribution in [0.4, 0.5) is 26.3 Å². The van der Waals surface area contributed by atoms with Crippen LogP contribution in [0.25, 0.3) is 16.7 Å². The van der Waals surface area contributed by atoms with Gasteiger partial charge in [-0.15, -0.1) is 13.2 Å². The van der Waals surface area contributed by atoms with Crippen molar-refractivity contribution in [3.8, 4) is 16.9 Å². The number of aromatic nitrogens is 1. The SMILES string of the molecule is O=C(CC1=CCc2ccc(F)cc21)C[C@@H](Cc1cc(F)cc(F)c1)c1ncccc1-c1ccc(OC(F)(F)F)cc1. The zero-order valence-corrected chi connectivity index (χ0v) is 21.5. The molecule has 5 rings (SSSR count). The largest absolute Gasteiger partial charge is 0.573 e. The van der Waals surface area contributed by atoms with Gasteiger partial charge < -0.3 is 4.74 Å². The molecule has 1 aromatic heterocycles. The molecule has 3 aromatic carbocycles. The van der Waals surface area contributed by atoms with Gasteiger partial charge in [-0.2, -0.15) is 0 Å². The molecule has 1 heterocycles. The highest BCUT2D eigenvalue weighted by Gasteiger charge is 2.31. The van der Waals surface area contributed by atoms with Crippen molar-refractivity contribution in [1.29, 1.82) is 0 Å². The Kier molecular flexibility index (Phi) is 7.97. The standard InChI is InChI=1S/C32H23F6NO2/c33-24-8-5-21-3-4-22(30(21)18-24)15-27(40)16-23(12-19-13-25(34)17-26(35)14-19)31-29(2-1-11-39-31)20-6-9-28(10-7-20)41-32(36,37)38/h1-2,4-11,13-14,17-18,23H,3,12,15-16H2/t23-/m1/s1. The lowest BCUT2D eigenvalue weighted by Crippen LogP contribution is -2.17. The Hall–Kier alpha value is -4.40. The zero-order valence-electron chi connectivity index (χ0n) is 21.5. The van der Waals surface area contributed by atoms with Crippen LogP contribution < -0.4 is 4.74 Å². The van der Waals surface area contributed by atoms with Crippen LogP contribution in [0.15, 0.2) is 85.1 Å². The predicted octanol–water partition coefficient (Wildman–Crippen LogP) is 8.38. The van der Waals surface area contributed by atoms with Crippen LogP contribution in [-0.4, -0.2) is 17.1 Å². The molecule has 41 heavy (non-hydrogen) atoms. The summed E-state index contributed by atoms with van der Waals surface area (Å²) in [5.41, 5.74) is 4.15. The first-order chi connectivity index (χ1) is 19.5. The molecular formula is C32H23F6NO2. The average molecular weight is 568 g/mol. The number of fused-ring (bicyclic) bond motifs is 1. The van der Waals surface area contributed by atoms with Crippen molar-refractivity contribution in [3.63, 3.8) is 0 Å². The van der Waals surface area contributed by atoms with Crippen molar-refractivity contribution < 1.29 is 35.9 Å². The molecule has 0 spiro atoms. The van der Waals surface area contributed by atoms with Gasteiger partial charge in [0.15, 0.2) is 0 Å². The van der Waals surface area contributed by atoms with Gasteiger partial charge in [0, 0.05) is 36.6 Å². The highest BCUT2D eigenvalue weighted by molar-refractivity contribution is 5.92. The van der Waals surface area contributed by atoms with Gasteiger partial charge in [-0.05, 0) is 83.1 Å². The first-order valence-corrected chi connectivity index (χ1v) is 12.8. The number of rotatable bonds is 9. The molecule has 0 fully saturated rings. The van der Waals surface area contributed by atoms with E-state index in [9.17, 15) is 31.1 Å². The monoisotopic (exact) mass is 567 g/mol. The van der Waals surface area contributed by atoms with Crippen molar-refractivity contribution in [2.45, 2.75) is 38.0 Å². The molecular weight excluding hydrogens is 544 g/mol. The molecule has 1 atom stereocenters. The van der Waals surface area contributed by atoms with Gasteiger partial charge in [-0.3, -0.25) is 9.78 Å². The van der Waals surface area contributed by atoms with Crippen molar-refractivity contribution in [2.24, 2.45) is 0 Å². The van der Waals surface area contributed by atoms with Gasteiger partial charge in [-0.1, -0.05) is 30.3 Å². The number of carbonyl (C=O) groups is 1. The quantitative estimate of drug-likeness (QED) is 0.191. The molecule has 0 saturated carbocycles. The fraction of sp³-hybridized carbons (Fsp3) is 0.188. The number of pyridine rings is 1. The Labute approximate surface area is 232 Å². The van der Waals surface area contributed by atoms with E-state index in [1.807, 2.05) is 6.08 Å². The number of benzene rings is 3. The molecule has 0 unspecified atom stereocenters. The number of allylic oxidation sites excluding steroid dienone is 2. The summed E-state index contributed by atoms with van der Waals surface area (Å²) < 4.78 is 83.8. The summed E-state index contributed by atoms with van der Waals surface area (Å²) in [7, 11) is 0. The molecule has 0 saturated heterocycles. The first kappa shape index (κ1) is 28.1. The minimum absolute atomic E-state index is 0.0378. The highest BCUT2D eigenvalue weighted by atomic mass is 19.4. The van der Waals surface area contributed by atoms with E-state index in [1.165, 1.54) is 54.7 Å². The van der Waals surface area contributed by atoms with Crippen LogP contribution in [-0.2, 0) is 17.6 Å². The third-order valence-corrected chi connectivity index (χ3v) is 6.88. The second-order valence-electron chi connectivity index (χ2n) is 9.84. The van der Waals surface area contributed by atoms with Crippen molar-refractivity contribution in [2.75, 3.05) is 0 Å². The maximum atomic E-state index is 14.0. The summed E-state index contributed by atoms with van der Waals surface area (Å²) >= 11 is 0. The van der Waals surface area contributed by atoms with E-state index >= 15 is 0 Å². The Bertz CT molecular complexity index is 1590. The Morgan fingerprint density at radius 3 is 2.32 bits per heavy atom. The van der Waals surface area contributed by atoms with Crippen LogP contribution in [0.2, 0.25) is 0 Å². The van der Waals surface area contributed by atoms with E-state index in [-0.39, 0.29) is 25.0 Å². The maximum absolute atomic E-state index is 14.0. The number of hydrogen-bond donors (Lipinski definition) is 0. The third kappa shape index (κ3) is 7.03. The summed E-state index contributed by atoms with van der Waals surface area (Å²) in [5, 5.41) is 0. The molecule has 0 aliphatic heterocycles. The second kappa shape index (κ2) is 11.6. The van der Waals surface area contributed by atoms with Crippen molar-refractivity contribution in [1.82, 2.24) is 4.98 Å². The average Bonchev–Trinajstić information content (AvgIpc) is 3.28. The van der Waals surface area contributed by atoms with Gasteiger partial charge >= 0.3 is 6.36 Å². The van der Waals surface area contributed by atoms with Gasteiger partial charge in [0.25, 0.3) is 0 Å². The van der Waals surface area contributed by atoms with E-state index in [4.69, 9.17) is 0 Å². The maximum Gasteiger partial charge on any atom is 0.573 e. The minimum atomic E-state index is -4.84. The fourth-order valence-corrected chi connectivity index (χ4v) is 5.20. The van der Waals surface area contributed by atoms with Gasteiger partial charge in [-0.25, -0.2) is 13.2 Å². The number of hydrogen-bond acceptors (Lipinski definition) is 3. The fourth-order valence-electron chi connectivity index (χ4n) is 5.20. The number of nitrogens with zero attached hydrogens (tertiary/aromatic N) is 1. The summed E-state index contributed by atoms with van der Waals surface area (Å²) in [6.07, 6.45) is -0.784. The van der Waals surface area contributed by atoms with E-state index in [0.717, 1.165) is 11.6 Å².